The molecule has 1 amide bonds. The first-order chi connectivity index (χ1) is 10.8. The molecule has 0 unspecified atom stereocenters. The van der Waals surface area contributed by atoms with E-state index < -0.39 is 12.1 Å². The molecule has 0 fully saturated rings. The van der Waals surface area contributed by atoms with E-state index in [0.717, 1.165) is 0 Å². The Kier molecular flexibility index (Phi) is 7.86. The van der Waals surface area contributed by atoms with Crippen molar-refractivity contribution in [1.82, 2.24) is 4.90 Å². The Morgan fingerprint density at radius 2 is 2.17 bits per heavy atom. The molecule has 124 valence electrons. The number of hydrogen-bond donors (Lipinski definition) is 0. The van der Waals surface area contributed by atoms with E-state index >= 15 is 0 Å². The number of esters is 1. The molecule has 1 atom stereocenters. The second kappa shape index (κ2) is 9.38. The first kappa shape index (κ1) is 19.3. The van der Waals surface area contributed by atoms with E-state index in [0.29, 0.717) is 15.2 Å². The minimum atomic E-state index is -0.941. The fraction of sp³-hybridized carbons (Fsp3) is 0.400. The lowest BCUT2D eigenvalue weighted by molar-refractivity contribution is -0.160. The van der Waals surface area contributed by atoms with Gasteiger partial charge >= 0.3 is 5.97 Å². The van der Waals surface area contributed by atoms with E-state index in [1.165, 1.54) is 11.8 Å². The zero-order valence-corrected chi connectivity index (χ0v) is 15.1. The normalized spacial score (nSPS) is 11.3. The topological polar surface area (TPSA) is 79.6 Å². The number of nitriles is 1. The minimum Gasteiger partial charge on any atom is -0.481 e. The predicted molar refractivity (Wildman–Crippen MR) is 88.1 cm³/mol. The molecule has 0 heterocycles. The molecule has 6 nitrogen and oxygen atoms in total. The zero-order valence-electron chi connectivity index (χ0n) is 12.7. The summed E-state index contributed by atoms with van der Waals surface area (Å²) in [7, 11) is 1.55. The summed E-state index contributed by atoms with van der Waals surface area (Å²) in [5.41, 5.74) is 0. The van der Waals surface area contributed by atoms with E-state index in [1.54, 1.807) is 25.2 Å². The molecule has 0 saturated carbocycles. The number of benzene rings is 1. The Morgan fingerprint density at radius 1 is 1.48 bits per heavy atom. The van der Waals surface area contributed by atoms with Crippen LogP contribution in [0.25, 0.3) is 0 Å². The number of amides is 1. The number of hydrogen-bond acceptors (Lipinski definition) is 5. The summed E-state index contributed by atoms with van der Waals surface area (Å²) in [6, 6.07) is 6.83. The molecule has 0 spiro atoms. The fourth-order valence-electron chi connectivity index (χ4n) is 1.65. The van der Waals surface area contributed by atoms with E-state index in [2.05, 4.69) is 15.9 Å². The molecule has 23 heavy (non-hydrogen) atoms. The van der Waals surface area contributed by atoms with Crippen LogP contribution >= 0.6 is 27.5 Å². The van der Waals surface area contributed by atoms with Crippen LogP contribution in [0.4, 0.5) is 0 Å². The number of carbonyl (C=O) groups is 2. The van der Waals surface area contributed by atoms with Crippen LogP contribution in [0.15, 0.2) is 22.7 Å². The first-order valence-electron chi connectivity index (χ1n) is 6.74. The lowest BCUT2D eigenvalue weighted by atomic mass is 10.3. The molecule has 0 aromatic heterocycles. The van der Waals surface area contributed by atoms with Gasteiger partial charge in [-0.25, -0.2) is 4.79 Å². The van der Waals surface area contributed by atoms with Gasteiger partial charge in [-0.3, -0.25) is 4.79 Å². The van der Waals surface area contributed by atoms with Gasteiger partial charge in [-0.2, -0.15) is 5.26 Å². The lowest BCUT2D eigenvalue weighted by Crippen LogP contribution is -2.38. The maximum absolute atomic E-state index is 11.9. The second-order valence-corrected chi connectivity index (χ2v) is 5.95. The first-order valence-corrected chi connectivity index (χ1v) is 7.91. The Morgan fingerprint density at radius 3 is 2.78 bits per heavy atom. The van der Waals surface area contributed by atoms with Gasteiger partial charge in [0.05, 0.1) is 17.0 Å². The molecule has 0 aliphatic rings. The molecule has 0 N–H and O–H groups in total. The number of nitrogens with zero attached hydrogens (tertiary/aromatic N) is 2. The van der Waals surface area contributed by atoms with Crippen LogP contribution < -0.4 is 4.74 Å². The highest BCUT2D eigenvalue weighted by molar-refractivity contribution is 9.10. The third kappa shape index (κ3) is 6.47. The monoisotopic (exact) mass is 402 g/mol. The van der Waals surface area contributed by atoms with Crippen LogP contribution in [0.2, 0.25) is 5.02 Å². The lowest BCUT2D eigenvalue weighted by Gasteiger charge is -2.20. The smallest absolute Gasteiger partial charge is 0.344 e. The maximum Gasteiger partial charge on any atom is 0.344 e. The highest BCUT2D eigenvalue weighted by atomic mass is 79.9. The molecule has 1 aromatic carbocycles. The average molecular weight is 404 g/mol. The van der Waals surface area contributed by atoms with Crippen molar-refractivity contribution in [3.63, 3.8) is 0 Å². The summed E-state index contributed by atoms with van der Waals surface area (Å²) in [6.45, 7) is 1.42. The zero-order chi connectivity index (χ0) is 17.4. The molecule has 0 saturated heterocycles. The van der Waals surface area contributed by atoms with Crippen LogP contribution in [0, 0.1) is 11.3 Å². The van der Waals surface area contributed by atoms with E-state index in [9.17, 15) is 9.59 Å². The molecule has 1 aromatic rings. The largest absolute Gasteiger partial charge is 0.481 e. The Bertz CT molecular complexity index is 618. The van der Waals surface area contributed by atoms with Gasteiger partial charge in [-0.15, -0.1) is 0 Å². The van der Waals surface area contributed by atoms with Crippen molar-refractivity contribution in [3.8, 4) is 11.8 Å². The van der Waals surface area contributed by atoms with Crippen LogP contribution in [0.5, 0.6) is 5.75 Å². The third-order valence-electron chi connectivity index (χ3n) is 2.83. The standard InChI is InChI=1S/C15H16BrClN2O4/c1-10(15(21)19(2)7-3-6-18)23-14(20)9-22-13-5-4-11(17)8-12(13)16/h4-5,8,10H,3,7,9H2,1-2H3/t10-/m1/s1. The maximum atomic E-state index is 11.9. The SMILES string of the molecule is C[C@@H](OC(=O)COc1ccc(Cl)cc1Br)C(=O)N(C)CCC#N. The summed E-state index contributed by atoms with van der Waals surface area (Å²) < 4.78 is 10.9. The second-order valence-electron chi connectivity index (χ2n) is 4.66. The van der Waals surface area contributed by atoms with Gasteiger partial charge in [-0.1, -0.05) is 11.6 Å². The van der Waals surface area contributed by atoms with Crippen LogP contribution in [0.1, 0.15) is 13.3 Å². The summed E-state index contributed by atoms with van der Waals surface area (Å²) >= 11 is 9.08. The molecule has 1 rings (SSSR count). The number of ether oxygens (including phenoxy) is 2. The van der Waals surface area contributed by atoms with Crippen molar-refractivity contribution in [2.75, 3.05) is 20.2 Å². The van der Waals surface area contributed by atoms with Crippen molar-refractivity contribution in [2.45, 2.75) is 19.4 Å². The third-order valence-corrected chi connectivity index (χ3v) is 3.69. The summed E-state index contributed by atoms with van der Waals surface area (Å²) in [5.74, 6) is -0.598. The Balaban J connectivity index is 2.46. The van der Waals surface area contributed by atoms with Crippen LogP contribution in [0.3, 0.4) is 0 Å². The van der Waals surface area contributed by atoms with Gasteiger partial charge in [0.25, 0.3) is 5.91 Å². The predicted octanol–water partition coefficient (Wildman–Crippen LogP) is 2.79. The number of halogens is 2. The van der Waals surface area contributed by atoms with Gasteiger partial charge in [0, 0.05) is 18.6 Å². The molecule has 8 heteroatoms. The van der Waals surface area contributed by atoms with E-state index in [4.69, 9.17) is 26.3 Å². The minimum absolute atomic E-state index is 0.219. The molecular weight excluding hydrogens is 388 g/mol. The van der Waals surface area contributed by atoms with Crippen molar-refractivity contribution < 1.29 is 19.1 Å². The molecule has 0 aliphatic carbocycles. The summed E-state index contributed by atoms with van der Waals surface area (Å²) in [4.78, 5) is 25.0. The van der Waals surface area contributed by atoms with Crippen molar-refractivity contribution in [2.24, 2.45) is 0 Å². The highest BCUT2D eigenvalue weighted by Gasteiger charge is 2.21. The van der Waals surface area contributed by atoms with Gasteiger partial charge in [-0.05, 0) is 41.1 Å². The Labute approximate surface area is 148 Å². The molecule has 0 bridgehead atoms. The Hall–Kier alpha value is -1.78. The fourth-order valence-corrected chi connectivity index (χ4v) is 2.45. The van der Waals surface area contributed by atoms with Crippen molar-refractivity contribution >= 4 is 39.4 Å². The van der Waals surface area contributed by atoms with Crippen LogP contribution in [-0.4, -0.2) is 43.1 Å². The van der Waals surface area contributed by atoms with Crippen molar-refractivity contribution in [1.29, 1.82) is 5.26 Å². The van der Waals surface area contributed by atoms with Gasteiger partial charge < -0.3 is 14.4 Å². The molecular formula is C15H16BrClN2O4. The van der Waals surface area contributed by atoms with E-state index in [1.807, 2.05) is 6.07 Å². The van der Waals surface area contributed by atoms with Gasteiger partial charge in [0.15, 0.2) is 12.7 Å². The summed E-state index contributed by atoms with van der Waals surface area (Å²) in [5, 5.41) is 9.03. The van der Waals surface area contributed by atoms with Crippen LogP contribution in [-0.2, 0) is 14.3 Å². The molecule has 0 radical (unpaired) electrons. The van der Waals surface area contributed by atoms with Gasteiger partial charge in [0.2, 0.25) is 0 Å². The number of likely N-dealkylation sites (N-methyl/N-ethyl adjacent to an activating group) is 1. The van der Waals surface area contributed by atoms with Crippen molar-refractivity contribution in [3.05, 3.63) is 27.7 Å². The quantitative estimate of drug-likeness (QED) is 0.654. The van der Waals surface area contributed by atoms with Gasteiger partial charge in [0.1, 0.15) is 5.75 Å². The molecule has 0 aliphatic heterocycles. The summed E-state index contributed by atoms with van der Waals surface area (Å²) in [6.07, 6.45) is -0.722. The number of rotatable bonds is 7. The number of carbonyl (C=O) groups excluding carboxylic acids is 2. The average Bonchev–Trinajstić information content (AvgIpc) is 2.50. The van der Waals surface area contributed by atoms with E-state index in [-0.39, 0.29) is 25.5 Å². The highest BCUT2D eigenvalue weighted by Crippen LogP contribution is 2.27.